The van der Waals surface area contributed by atoms with Gasteiger partial charge in [0.15, 0.2) is 0 Å². The molecular weight excluding hydrogens is 199 g/mol. The van der Waals surface area contributed by atoms with Crippen LogP contribution < -0.4 is 5.32 Å². The topological polar surface area (TPSA) is 49.3 Å². The first-order valence-electron chi connectivity index (χ1n) is 4.41. The Morgan fingerprint density at radius 2 is 1.86 bits per heavy atom. The van der Waals surface area contributed by atoms with Crippen LogP contribution in [-0.2, 0) is 4.79 Å². The fraction of sp³-hybridized carbons (Fsp3) is 0.875. The van der Waals surface area contributed by atoms with Gasteiger partial charge in [-0.05, 0) is 12.8 Å². The fourth-order valence-corrected chi connectivity index (χ4v) is 1.55. The zero-order valence-corrected chi connectivity index (χ0v) is 7.52. The average Bonchev–Trinajstić information content (AvgIpc) is 2.47. The molecule has 6 heteroatoms. The molecule has 0 aromatic heterocycles. The molecule has 0 radical (unpaired) electrons. The Labute approximate surface area is 79.3 Å². The first-order chi connectivity index (χ1) is 6.33. The molecule has 0 aromatic carbocycles. The van der Waals surface area contributed by atoms with Gasteiger partial charge < -0.3 is 10.4 Å². The predicted molar refractivity (Wildman–Crippen MR) is 42.5 cm³/mol. The molecule has 0 spiro atoms. The van der Waals surface area contributed by atoms with Gasteiger partial charge >= 0.3 is 12.1 Å². The Balaban J connectivity index is 2.37. The highest BCUT2D eigenvalue weighted by atomic mass is 19.4. The van der Waals surface area contributed by atoms with Crippen LogP contribution >= 0.6 is 0 Å². The van der Waals surface area contributed by atoms with Gasteiger partial charge in [-0.1, -0.05) is 12.8 Å². The molecule has 1 fully saturated rings. The second kappa shape index (κ2) is 3.76. The number of aliphatic hydroxyl groups is 1. The molecule has 0 aliphatic heterocycles. The lowest BCUT2D eigenvalue weighted by atomic mass is 10.0. The van der Waals surface area contributed by atoms with E-state index >= 15 is 0 Å². The molecule has 0 atom stereocenters. The maximum absolute atomic E-state index is 11.8. The van der Waals surface area contributed by atoms with Gasteiger partial charge in [-0.2, -0.15) is 13.2 Å². The van der Waals surface area contributed by atoms with E-state index in [4.69, 9.17) is 0 Å². The summed E-state index contributed by atoms with van der Waals surface area (Å²) in [6.07, 6.45) is -2.39. The lowest BCUT2D eigenvalue weighted by Gasteiger charge is -2.22. The molecule has 0 unspecified atom stereocenters. The van der Waals surface area contributed by atoms with Crippen LogP contribution in [0.4, 0.5) is 13.2 Å². The van der Waals surface area contributed by atoms with Crippen LogP contribution in [0.15, 0.2) is 0 Å². The fourth-order valence-electron chi connectivity index (χ4n) is 1.55. The first kappa shape index (κ1) is 11.3. The number of nitrogens with one attached hydrogen (secondary N) is 1. The van der Waals surface area contributed by atoms with Gasteiger partial charge in [-0.25, -0.2) is 0 Å². The second-order valence-electron chi connectivity index (χ2n) is 3.61. The quantitative estimate of drug-likeness (QED) is 0.715. The summed E-state index contributed by atoms with van der Waals surface area (Å²) < 4.78 is 35.3. The summed E-state index contributed by atoms with van der Waals surface area (Å²) in [6.45, 7) is -0.314. The van der Waals surface area contributed by atoms with Crippen LogP contribution in [0.1, 0.15) is 25.7 Å². The zero-order valence-electron chi connectivity index (χ0n) is 7.52. The van der Waals surface area contributed by atoms with E-state index in [0.717, 1.165) is 12.8 Å². The minimum Gasteiger partial charge on any atom is -0.388 e. The highest BCUT2D eigenvalue weighted by molar-refractivity contribution is 5.81. The third-order valence-corrected chi connectivity index (χ3v) is 2.37. The molecule has 3 nitrogen and oxygen atoms in total. The van der Waals surface area contributed by atoms with Crippen LogP contribution in [0.5, 0.6) is 0 Å². The highest BCUT2D eigenvalue weighted by Crippen LogP contribution is 2.28. The smallest absolute Gasteiger partial charge is 0.388 e. The van der Waals surface area contributed by atoms with Gasteiger partial charge in [-0.15, -0.1) is 0 Å². The Morgan fingerprint density at radius 3 is 2.29 bits per heavy atom. The molecule has 0 aromatic rings. The summed E-state index contributed by atoms with van der Waals surface area (Å²) in [6, 6.07) is 0. The van der Waals surface area contributed by atoms with Crippen molar-refractivity contribution in [1.82, 2.24) is 5.32 Å². The lowest BCUT2D eigenvalue weighted by Crippen LogP contribution is -2.45. The normalized spacial score (nSPS) is 20.9. The molecule has 1 aliphatic carbocycles. The van der Waals surface area contributed by atoms with E-state index in [1.807, 2.05) is 0 Å². The van der Waals surface area contributed by atoms with Gasteiger partial charge in [0.25, 0.3) is 0 Å². The highest BCUT2D eigenvalue weighted by Gasteiger charge is 2.40. The van der Waals surface area contributed by atoms with E-state index < -0.39 is 17.7 Å². The Bertz CT molecular complexity index is 221. The summed E-state index contributed by atoms with van der Waals surface area (Å²) in [5.74, 6) is -1.99. The summed E-state index contributed by atoms with van der Waals surface area (Å²) in [5, 5.41) is 11.3. The van der Waals surface area contributed by atoms with Crippen LogP contribution in [0.25, 0.3) is 0 Å². The maximum Gasteiger partial charge on any atom is 0.471 e. The van der Waals surface area contributed by atoms with Gasteiger partial charge in [0.2, 0.25) is 0 Å². The summed E-state index contributed by atoms with van der Waals surface area (Å²) in [7, 11) is 0. The van der Waals surface area contributed by atoms with E-state index in [1.54, 1.807) is 5.32 Å². The molecule has 0 bridgehead atoms. The Kier molecular flexibility index (Phi) is 3.04. The number of hydrogen-bond donors (Lipinski definition) is 2. The number of rotatable bonds is 2. The molecule has 2 N–H and O–H groups in total. The van der Waals surface area contributed by atoms with Crippen molar-refractivity contribution in [2.75, 3.05) is 6.54 Å². The number of amides is 1. The number of carbonyl (C=O) groups excluding carboxylic acids is 1. The minimum absolute atomic E-state index is 0.314. The molecule has 1 rings (SSSR count). The van der Waals surface area contributed by atoms with Crippen LogP contribution in [0.2, 0.25) is 0 Å². The largest absolute Gasteiger partial charge is 0.471 e. The van der Waals surface area contributed by atoms with E-state index in [9.17, 15) is 23.1 Å². The van der Waals surface area contributed by atoms with Gasteiger partial charge in [0, 0.05) is 6.54 Å². The van der Waals surface area contributed by atoms with Crippen LogP contribution in [-0.4, -0.2) is 29.3 Å². The van der Waals surface area contributed by atoms with E-state index in [1.165, 1.54) is 0 Å². The van der Waals surface area contributed by atoms with Crippen molar-refractivity contribution in [3.63, 3.8) is 0 Å². The van der Waals surface area contributed by atoms with Gasteiger partial charge in [-0.3, -0.25) is 4.79 Å². The lowest BCUT2D eigenvalue weighted by molar-refractivity contribution is -0.174. The summed E-state index contributed by atoms with van der Waals surface area (Å²) in [4.78, 5) is 10.4. The van der Waals surface area contributed by atoms with Gasteiger partial charge in [0.05, 0.1) is 5.60 Å². The molecule has 0 saturated heterocycles. The van der Waals surface area contributed by atoms with Crippen molar-refractivity contribution in [2.45, 2.75) is 37.5 Å². The molecule has 1 amide bonds. The standard InChI is InChI=1S/C8H12F3NO2/c9-8(10,11)6(13)12-5-7(14)3-1-2-4-7/h14H,1-5H2,(H,12,13). The van der Waals surface area contributed by atoms with Crippen molar-refractivity contribution in [3.05, 3.63) is 0 Å². The number of halogens is 3. The van der Waals surface area contributed by atoms with E-state index in [0.29, 0.717) is 12.8 Å². The SMILES string of the molecule is O=C(NCC1(O)CCCC1)C(F)(F)F. The minimum atomic E-state index is -4.87. The van der Waals surface area contributed by atoms with Crippen LogP contribution in [0.3, 0.4) is 0 Å². The molecular formula is C8H12F3NO2. The molecule has 14 heavy (non-hydrogen) atoms. The Hall–Kier alpha value is -0.780. The maximum atomic E-state index is 11.8. The summed E-state index contributed by atoms with van der Waals surface area (Å²) in [5.41, 5.74) is -1.14. The van der Waals surface area contributed by atoms with Crippen molar-refractivity contribution in [1.29, 1.82) is 0 Å². The second-order valence-corrected chi connectivity index (χ2v) is 3.61. The number of alkyl halides is 3. The van der Waals surface area contributed by atoms with E-state index in [2.05, 4.69) is 0 Å². The zero-order chi connectivity index (χ0) is 10.8. The Morgan fingerprint density at radius 1 is 1.36 bits per heavy atom. The third kappa shape index (κ3) is 2.87. The molecule has 0 heterocycles. The molecule has 82 valence electrons. The monoisotopic (exact) mass is 211 g/mol. The molecule has 1 aliphatic rings. The van der Waals surface area contributed by atoms with Crippen LogP contribution in [0, 0.1) is 0 Å². The molecule has 1 saturated carbocycles. The van der Waals surface area contributed by atoms with Crippen molar-refractivity contribution in [2.24, 2.45) is 0 Å². The van der Waals surface area contributed by atoms with E-state index in [-0.39, 0.29) is 6.54 Å². The predicted octanol–water partition coefficient (Wildman–Crippen LogP) is 0.970. The number of carbonyl (C=O) groups is 1. The number of hydrogen-bond acceptors (Lipinski definition) is 2. The summed E-state index contributed by atoms with van der Waals surface area (Å²) >= 11 is 0. The van der Waals surface area contributed by atoms with Crippen molar-refractivity contribution >= 4 is 5.91 Å². The van der Waals surface area contributed by atoms with Crippen molar-refractivity contribution in [3.8, 4) is 0 Å². The third-order valence-electron chi connectivity index (χ3n) is 2.37. The first-order valence-corrected chi connectivity index (χ1v) is 4.41. The van der Waals surface area contributed by atoms with Gasteiger partial charge in [0.1, 0.15) is 0 Å². The average molecular weight is 211 g/mol. The van der Waals surface area contributed by atoms with Crippen molar-refractivity contribution < 1.29 is 23.1 Å².